The minimum absolute atomic E-state index is 0.193. The fourth-order valence-electron chi connectivity index (χ4n) is 2.31. The highest BCUT2D eigenvalue weighted by Gasteiger charge is 2.21. The molecule has 1 atom stereocenters. The van der Waals surface area contributed by atoms with Crippen molar-refractivity contribution in [1.29, 1.82) is 0 Å². The molecule has 1 aromatic rings. The quantitative estimate of drug-likeness (QED) is 0.709. The van der Waals surface area contributed by atoms with E-state index in [9.17, 15) is 4.79 Å². The van der Waals surface area contributed by atoms with Crippen LogP contribution in [0.25, 0.3) is 0 Å². The van der Waals surface area contributed by atoms with Gasteiger partial charge in [0.15, 0.2) is 0 Å². The molecule has 2 rings (SSSR count). The number of nitrogens with one attached hydrogen (secondary N) is 1. The van der Waals surface area contributed by atoms with Gasteiger partial charge in [-0.1, -0.05) is 6.92 Å². The molecule has 1 aliphatic heterocycles. The van der Waals surface area contributed by atoms with Crippen molar-refractivity contribution in [3.63, 3.8) is 0 Å². The molecule has 1 N–H and O–H groups in total. The van der Waals surface area contributed by atoms with Crippen LogP contribution in [0.2, 0.25) is 0 Å². The van der Waals surface area contributed by atoms with E-state index in [0.29, 0.717) is 0 Å². The van der Waals surface area contributed by atoms with Gasteiger partial charge in [0.1, 0.15) is 18.2 Å². The normalized spacial score (nSPS) is 16.9. The number of carbonyl (C=O) groups is 1. The zero-order valence-corrected chi connectivity index (χ0v) is 11.5. The van der Waals surface area contributed by atoms with E-state index in [1.807, 2.05) is 6.92 Å². The summed E-state index contributed by atoms with van der Waals surface area (Å²) in [5.74, 6) is 0.798. The van der Waals surface area contributed by atoms with Crippen LogP contribution in [0.3, 0.4) is 0 Å². The van der Waals surface area contributed by atoms with Gasteiger partial charge in [-0.25, -0.2) is 0 Å². The van der Waals surface area contributed by atoms with Crippen LogP contribution >= 0.6 is 0 Å². The lowest BCUT2D eigenvalue weighted by atomic mass is 10.2. The van der Waals surface area contributed by atoms with Gasteiger partial charge in [0.05, 0.1) is 13.7 Å². The molecule has 1 aliphatic rings. The number of fused-ring (bicyclic) bond motifs is 1. The molecular formula is C12H21N5O2. The summed E-state index contributed by atoms with van der Waals surface area (Å²) in [6.07, 6.45) is 2.51. The van der Waals surface area contributed by atoms with Crippen LogP contribution in [0.15, 0.2) is 6.33 Å². The van der Waals surface area contributed by atoms with Gasteiger partial charge in [-0.3, -0.25) is 9.69 Å². The first-order valence-electron chi connectivity index (χ1n) is 6.64. The number of hydrogen-bond donors (Lipinski definition) is 1. The van der Waals surface area contributed by atoms with Gasteiger partial charge < -0.3 is 14.6 Å². The monoisotopic (exact) mass is 267 g/mol. The van der Waals surface area contributed by atoms with E-state index < -0.39 is 0 Å². The molecule has 0 spiro atoms. The Balaban J connectivity index is 1.83. The Hall–Kier alpha value is -1.47. The summed E-state index contributed by atoms with van der Waals surface area (Å²) < 4.78 is 6.87. The van der Waals surface area contributed by atoms with Crippen LogP contribution in [0, 0.1) is 0 Å². The Kier molecular flexibility index (Phi) is 4.86. The predicted molar refractivity (Wildman–Crippen MR) is 69.4 cm³/mol. The maximum Gasteiger partial charge on any atom is 0.322 e. The van der Waals surface area contributed by atoms with Crippen LogP contribution in [-0.4, -0.2) is 58.4 Å². The third-order valence-electron chi connectivity index (χ3n) is 3.39. The number of ether oxygens (including phenoxy) is 1. The first-order valence-corrected chi connectivity index (χ1v) is 6.64. The van der Waals surface area contributed by atoms with Crippen molar-refractivity contribution in [3.05, 3.63) is 12.2 Å². The number of esters is 1. The molecular weight excluding hydrogens is 246 g/mol. The van der Waals surface area contributed by atoms with E-state index in [1.165, 1.54) is 7.11 Å². The molecule has 0 aliphatic carbocycles. The largest absolute Gasteiger partial charge is 0.468 e. The minimum Gasteiger partial charge on any atom is -0.468 e. The minimum atomic E-state index is -0.227. The third-order valence-corrected chi connectivity index (χ3v) is 3.39. The van der Waals surface area contributed by atoms with Crippen molar-refractivity contribution < 1.29 is 9.53 Å². The van der Waals surface area contributed by atoms with Gasteiger partial charge in [-0.15, -0.1) is 10.2 Å². The molecule has 2 heterocycles. The van der Waals surface area contributed by atoms with Crippen molar-refractivity contribution in [3.8, 4) is 0 Å². The lowest BCUT2D eigenvalue weighted by molar-refractivity contribution is -0.143. The fraction of sp³-hybridized carbons (Fsp3) is 0.750. The maximum atomic E-state index is 11.6. The van der Waals surface area contributed by atoms with Crippen molar-refractivity contribution >= 4 is 5.97 Å². The van der Waals surface area contributed by atoms with Crippen LogP contribution in [-0.2, 0) is 22.6 Å². The first kappa shape index (κ1) is 14.0. The number of nitrogens with zero attached hydrogens (tertiary/aromatic N) is 4. The molecule has 0 radical (unpaired) electrons. The van der Waals surface area contributed by atoms with Crippen LogP contribution < -0.4 is 5.32 Å². The Bertz CT molecular complexity index is 420. The summed E-state index contributed by atoms with van der Waals surface area (Å²) in [6.45, 7) is 6.25. The SMILES string of the molecule is CCNC(CCN1CCn2cnnc2C1)C(=O)OC. The second-order valence-electron chi connectivity index (χ2n) is 4.64. The van der Waals surface area contributed by atoms with E-state index in [1.54, 1.807) is 6.33 Å². The first-order chi connectivity index (χ1) is 9.24. The lowest BCUT2D eigenvalue weighted by Gasteiger charge is -2.28. The van der Waals surface area contributed by atoms with Crippen molar-refractivity contribution in [2.24, 2.45) is 0 Å². The van der Waals surface area contributed by atoms with Gasteiger partial charge in [0.25, 0.3) is 0 Å². The highest BCUT2D eigenvalue weighted by molar-refractivity contribution is 5.75. The molecule has 1 unspecified atom stereocenters. The molecule has 0 saturated carbocycles. The standard InChI is InChI=1S/C12H21N5O2/c1-3-13-10(12(18)19-2)4-5-16-6-7-17-9-14-15-11(17)8-16/h9-10,13H,3-8H2,1-2H3. The number of hydrogen-bond acceptors (Lipinski definition) is 6. The predicted octanol–water partition coefficient (Wildman–Crippen LogP) is -0.365. The van der Waals surface area contributed by atoms with Crippen molar-refractivity contribution in [2.45, 2.75) is 32.5 Å². The molecule has 0 saturated heterocycles. The van der Waals surface area contributed by atoms with Gasteiger partial charge in [-0.05, 0) is 13.0 Å². The zero-order chi connectivity index (χ0) is 13.7. The van der Waals surface area contributed by atoms with Gasteiger partial charge >= 0.3 is 5.97 Å². The zero-order valence-electron chi connectivity index (χ0n) is 11.5. The summed E-state index contributed by atoms with van der Waals surface area (Å²) in [4.78, 5) is 13.9. The average Bonchev–Trinajstić information content (AvgIpc) is 2.90. The molecule has 19 heavy (non-hydrogen) atoms. The molecule has 0 aromatic carbocycles. The highest BCUT2D eigenvalue weighted by atomic mass is 16.5. The fourth-order valence-corrected chi connectivity index (χ4v) is 2.31. The topological polar surface area (TPSA) is 72.3 Å². The van der Waals surface area contributed by atoms with Crippen LogP contribution in [0.1, 0.15) is 19.2 Å². The Morgan fingerprint density at radius 1 is 1.58 bits per heavy atom. The number of rotatable bonds is 6. The highest BCUT2D eigenvalue weighted by Crippen LogP contribution is 2.10. The van der Waals surface area contributed by atoms with Crippen LogP contribution in [0.4, 0.5) is 0 Å². The molecule has 0 amide bonds. The van der Waals surface area contributed by atoms with Crippen molar-refractivity contribution in [2.75, 3.05) is 26.7 Å². The summed E-state index contributed by atoms with van der Waals surface area (Å²) in [6, 6.07) is -0.227. The van der Waals surface area contributed by atoms with Crippen LogP contribution in [0.5, 0.6) is 0 Å². The van der Waals surface area contributed by atoms with E-state index in [4.69, 9.17) is 4.74 Å². The summed E-state index contributed by atoms with van der Waals surface area (Å²) in [5, 5.41) is 11.1. The summed E-state index contributed by atoms with van der Waals surface area (Å²) in [7, 11) is 1.43. The summed E-state index contributed by atoms with van der Waals surface area (Å²) in [5.41, 5.74) is 0. The molecule has 0 fully saturated rings. The second-order valence-corrected chi connectivity index (χ2v) is 4.64. The Morgan fingerprint density at radius 3 is 3.16 bits per heavy atom. The number of carbonyl (C=O) groups excluding carboxylic acids is 1. The smallest absolute Gasteiger partial charge is 0.322 e. The molecule has 7 heteroatoms. The average molecular weight is 267 g/mol. The third kappa shape index (κ3) is 3.51. The van der Waals surface area contributed by atoms with E-state index in [-0.39, 0.29) is 12.0 Å². The van der Waals surface area contributed by atoms with Gasteiger partial charge in [-0.2, -0.15) is 0 Å². The molecule has 1 aromatic heterocycles. The number of likely N-dealkylation sites (N-methyl/N-ethyl adjacent to an activating group) is 1. The molecule has 106 valence electrons. The Labute approximate surface area is 112 Å². The lowest BCUT2D eigenvalue weighted by Crippen LogP contribution is -2.42. The van der Waals surface area contributed by atoms with Crippen molar-refractivity contribution in [1.82, 2.24) is 25.0 Å². The van der Waals surface area contributed by atoms with Gasteiger partial charge in [0.2, 0.25) is 0 Å². The van der Waals surface area contributed by atoms with Gasteiger partial charge in [0, 0.05) is 19.6 Å². The number of methoxy groups -OCH3 is 1. The van der Waals surface area contributed by atoms with E-state index in [2.05, 4.69) is 25.0 Å². The summed E-state index contributed by atoms with van der Waals surface area (Å²) >= 11 is 0. The van der Waals surface area contributed by atoms with E-state index >= 15 is 0 Å². The number of aromatic nitrogens is 3. The maximum absolute atomic E-state index is 11.6. The molecule has 7 nitrogen and oxygen atoms in total. The Morgan fingerprint density at radius 2 is 2.42 bits per heavy atom. The second kappa shape index (κ2) is 6.63. The van der Waals surface area contributed by atoms with E-state index in [0.717, 1.165) is 45.0 Å². The molecule has 0 bridgehead atoms.